The zero-order valence-electron chi connectivity index (χ0n) is 14.6. The number of pyridine rings is 1. The molecule has 0 bridgehead atoms. The number of halogens is 1. The van der Waals surface area contributed by atoms with Crippen LogP contribution in [0.25, 0.3) is 10.9 Å². The van der Waals surface area contributed by atoms with E-state index in [0.717, 1.165) is 4.90 Å². The van der Waals surface area contributed by atoms with E-state index >= 15 is 0 Å². The molecule has 1 aromatic heterocycles. The Morgan fingerprint density at radius 2 is 1.89 bits per heavy atom. The lowest BCUT2D eigenvalue weighted by Gasteiger charge is -2.21. The van der Waals surface area contributed by atoms with Crippen LogP contribution in [0, 0.1) is 5.82 Å². The minimum atomic E-state index is -1.16. The molecule has 3 aromatic rings. The summed E-state index contributed by atoms with van der Waals surface area (Å²) in [5.41, 5.74) is 0.696. The molecule has 7 heteroatoms. The SMILES string of the molecule is COc1ccccc1CN(CC(=O)O)C(=O)c1ccc2cccc(F)c2n1. The molecule has 0 spiro atoms. The Hall–Kier alpha value is -3.48. The second kappa shape index (κ2) is 7.82. The number of hydrogen-bond acceptors (Lipinski definition) is 4. The van der Waals surface area contributed by atoms with E-state index in [1.54, 1.807) is 42.5 Å². The van der Waals surface area contributed by atoms with Crippen LogP contribution in [0.3, 0.4) is 0 Å². The van der Waals surface area contributed by atoms with Crippen LogP contribution < -0.4 is 4.74 Å². The molecule has 0 aliphatic carbocycles. The third kappa shape index (κ3) is 4.03. The first-order valence-corrected chi connectivity index (χ1v) is 8.18. The van der Waals surface area contributed by atoms with Crippen LogP contribution in [-0.2, 0) is 11.3 Å². The Kier molecular flexibility index (Phi) is 5.30. The minimum absolute atomic E-state index is 0.0200. The van der Waals surface area contributed by atoms with Crippen LogP contribution in [0.15, 0.2) is 54.6 Å². The second-order valence-electron chi connectivity index (χ2n) is 5.87. The number of nitrogens with zero attached hydrogens (tertiary/aromatic N) is 2. The molecule has 6 nitrogen and oxygen atoms in total. The Morgan fingerprint density at radius 3 is 2.63 bits per heavy atom. The molecule has 1 amide bonds. The van der Waals surface area contributed by atoms with E-state index in [4.69, 9.17) is 4.74 Å². The van der Waals surface area contributed by atoms with Crippen molar-refractivity contribution in [1.29, 1.82) is 0 Å². The summed E-state index contributed by atoms with van der Waals surface area (Å²) >= 11 is 0. The lowest BCUT2D eigenvalue weighted by molar-refractivity contribution is -0.137. The number of aliphatic carboxylic acids is 1. The van der Waals surface area contributed by atoms with E-state index in [1.165, 1.54) is 19.2 Å². The molecule has 2 aromatic carbocycles. The summed E-state index contributed by atoms with van der Waals surface area (Å²) in [6.07, 6.45) is 0. The fourth-order valence-electron chi connectivity index (χ4n) is 2.79. The number of carbonyl (C=O) groups is 2. The molecule has 0 saturated carbocycles. The molecule has 1 N–H and O–H groups in total. The van der Waals surface area contributed by atoms with Crippen LogP contribution >= 0.6 is 0 Å². The smallest absolute Gasteiger partial charge is 0.323 e. The number of para-hydroxylation sites is 2. The van der Waals surface area contributed by atoms with E-state index in [0.29, 0.717) is 16.7 Å². The molecule has 0 saturated heterocycles. The van der Waals surface area contributed by atoms with Crippen molar-refractivity contribution in [3.05, 3.63) is 71.7 Å². The number of benzene rings is 2. The third-order valence-electron chi connectivity index (χ3n) is 4.06. The number of fused-ring (bicyclic) bond motifs is 1. The summed E-state index contributed by atoms with van der Waals surface area (Å²) in [4.78, 5) is 29.4. The second-order valence-corrected chi connectivity index (χ2v) is 5.87. The first-order valence-electron chi connectivity index (χ1n) is 8.18. The maximum absolute atomic E-state index is 14.0. The quantitative estimate of drug-likeness (QED) is 0.723. The van der Waals surface area contributed by atoms with Crippen molar-refractivity contribution in [2.24, 2.45) is 0 Å². The largest absolute Gasteiger partial charge is 0.496 e. The summed E-state index contributed by atoms with van der Waals surface area (Å²) in [7, 11) is 1.50. The van der Waals surface area contributed by atoms with Gasteiger partial charge in [0.15, 0.2) is 0 Å². The number of carboxylic acids is 1. The first-order chi connectivity index (χ1) is 13.0. The average molecular weight is 368 g/mol. The molecule has 0 aliphatic heterocycles. The summed E-state index contributed by atoms with van der Waals surface area (Å²) in [6.45, 7) is -0.500. The van der Waals surface area contributed by atoms with Gasteiger partial charge in [0.2, 0.25) is 0 Å². The fraction of sp³-hybridized carbons (Fsp3) is 0.150. The van der Waals surface area contributed by atoms with E-state index in [-0.39, 0.29) is 17.8 Å². The highest BCUT2D eigenvalue weighted by molar-refractivity contribution is 5.96. The average Bonchev–Trinajstić information content (AvgIpc) is 2.67. The number of carboxylic acid groups (broad SMARTS) is 1. The minimum Gasteiger partial charge on any atom is -0.496 e. The molecule has 0 unspecified atom stereocenters. The molecule has 0 atom stereocenters. The number of methoxy groups -OCH3 is 1. The zero-order valence-corrected chi connectivity index (χ0v) is 14.6. The summed E-state index contributed by atoms with van der Waals surface area (Å²) in [6, 6.07) is 14.6. The lowest BCUT2D eigenvalue weighted by atomic mass is 10.1. The van der Waals surface area contributed by atoms with Crippen molar-refractivity contribution in [2.75, 3.05) is 13.7 Å². The highest BCUT2D eigenvalue weighted by atomic mass is 19.1. The van der Waals surface area contributed by atoms with Gasteiger partial charge >= 0.3 is 5.97 Å². The van der Waals surface area contributed by atoms with Crippen LogP contribution in [0.1, 0.15) is 16.1 Å². The number of aromatic nitrogens is 1. The summed E-state index contributed by atoms with van der Waals surface area (Å²) in [5, 5.41) is 9.75. The summed E-state index contributed by atoms with van der Waals surface area (Å²) < 4.78 is 19.2. The standard InChI is InChI=1S/C20H17FN2O4/c1-27-17-8-3-2-5-14(17)11-23(12-18(24)25)20(26)16-10-9-13-6-4-7-15(21)19(13)22-16/h2-10H,11-12H2,1H3,(H,24,25). The van der Waals surface area contributed by atoms with Crippen molar-refractivity contribution in [2.45, 2.75) is 6.54 Å². The van der Waals surface area contributed by atoms with Gasteiger partial charge in [0.1, 0.15) is 29.3 Å². The number of carbonyl (C=O) groups excluding carboxylic acids is 1. The van der Waals surface area contributed by atoms with Crippen molar-refractivity contribution < 1.29 is 23.8 Å². The zero-order chi connectivity index (χ0) is 19.4. The normalized spacial score (nSPS) is 10.6. The van der Waals surface area contributed by atoms with Crippen LogP contribution in [0.4, 0.5) is 4.39 Å². The molecule has 0 aliphatic rings. The first kappa shape index (κ1) is 18.3. The Morgan fingerprint density at radius 1 is 1.11 bits per heavy atom. The Bertz CT molecular complexity index is 1010. The third-order valence-corrected chi connectivity index (χ3v) is 4.06. The predicted molar refractivity (Wildman–Crippen MR) is 97.1 cm³/mol. The predicted octanol–water partition coefficient (Wildman–Crippen LogP) is 3.11. The van der Waals surface area contributed by atoms with Crippen molar-refractivity contribution in [3.8, 4) is 5.75 Å². The van der Waals surface area contributed by atoms with Gasteiger partial charge in [-0.3, -0.25) is 9.59 Å². The maximum atomic E-state index is 14.0. The molecule has 138 valence electrons. The van der Waals surface area contributed by atoms with Gasteiger partial charge in [-0.05, 0) is 18.2 Å². The number of hydrogen-bond donors (Lipinski definition) is 1. The van der Waals surface area contributed by atoms with E-state index in [2.05, 4.69) is 4.98 Å². The molecular formula is C20H17FN2O4. The van der Waals surface area contributed by atoms with Crippen LogP contribution in [0.2, 0.25) is 0 Å². The van der Waals surface area contributed by atoms with E-state index in [1.807, 2.05) is 0 Å². The van der Waals surface area contributed by atoms with Crippen molar-refractivity contribution in [1.82, 2.24) is 9.88 Å². The van der Waals surface area contributed by atoms with Gasteiger partial charge in [0, 0.05) is 10.9 Å². The molecule has 3 rings (SSSR count). The maximum Gasteiger partial charge on any atom is 0.323 e. The van der Waals surface area contributed by atoms with Gasteiger partial charge < -0.3 is 14.7 Å². The Labute approximate surface area is 154 Å². The lowest BCUT2D eigenvalue weighted by Crippen LogP contribution is -2.35. The van der Waals surface area contributed by atoms with Crippen LogP contribution in [0.5, 0.6) is 5.75 Å². The number of ether oxygens (including phenoxy) is 1. The highest BCUT2D eigenvalue weighted by Crippen LogP contribution is 2.21. The summed E-state index contributed by atoms with van der Waals surface area (Å²) in [5.74, 6) is -1.77. The Balaban J connectivity index is 1.96. The topological polar surface area (TPSA) is 79.7 Å². The van der Waals surface area contributed by atoms with Gasteiger partial charge in [-0.2, -0.15) is 0 Å². The van der Waals surface area contributed by atoms with Crippen molar-refractivity contribution >= 4 is 22.8 Å². The van der Waals surface area contributed by atoms with Gasteiger partial charge in [0.25, 0.3) is 5.91 Å². The van der Waals surface area contributed by atoms with Gasteiger partial charge in [-0.1, -0.05) is 36.4 Å². The molecule has 0 fully saturated rings. The molecule has 27 heavy (non-hydrogen) atoms. The fourth-order valence-corrected chi connectivity index (χ4v) is 2.79. The van der Waals surface area contributed by atoms with Crippen molar-refractivity contribution in [3.63, 3.8) is 0 Å². The number of rotatable bonds is 6. The van der Waals surface area contributed by atoms with Gasteiger partial charge in [-0.15, -0.1) is 0 Å². The monoisotopic (exact) mass is 368 g/mol. The molecule has 1 heterocycles. The van der Waals surface area contributed by atoms with Gasteiger partial charge in [0.05, 0.1) is 13.7 Å². The van der Waals surface area contributed by atoms with Crippen LogP contribution in [-0.4, -0.2) is 40.5 Å². The molecule has 0 radical (unpaired) electrons. The van der Waals surface area contributed by atoms with Gasteiger partial charge in [-0.25, -0.2) is 9.37 Å². The molecular weight excluding hydrogens is 351 g/mol. The highest BCUT2D eigenvalue weighted by Gasteiger charge is 2.22. The van der Waals surface area contributed by atoms with E-state index in [9.17, 15) is 19.1 Å². The van der Waals surface area contributed by atoms with E-state index < -0.39 is 24.2 Å². The number of amides is 1.